The number of rotatable bonds is 5. The fourth-order valence-corrected chi connectivity index (χ4v) is 4.55. The molecule has 2 N–H and O–H groups in total. The number of carbonyl (C=O) groups excluding carboxylic acids is 2. The van der Waals surface area contributed by atoms with Crippen molar-refractivity contribution in [2.24, 2.45) is 5.92 Å². The summed E-state index contributed by atoms with van der Waals surface area (Å²) in [5.74, 6) is -0.242. The third kappa shape index (κ3) is 3.66. The minimum absolute atomic E-state index is 0.0109. The van der Waals surface area contributed by atoms with E-state index in [-0.39, 0.29) is 35.6 Å². The van der Waals surface area contributed by atoms with Gasteiger partial charge in [0, 0.05) is 30.1 Å². The molecule has 2 amide bonds. The van der Waals surface area contributed by atoms with Crippen LogP contribution in [0.2, 0.25) is 0 Å². The maximum absolute atomic E-state index is 13.1. The fraction of sp³-hybridized carbons (Fsp3) is 0.450. The molecule has 2 aromatic rings. The molecule has 2 fully saturated rings. The van der Waals surface area contributed by atoms with Gasteiger partial charge >= 0.3 is 0 Å². The first-order valence-electron chi connectivity index (χ1n) is 9.47. The number of nitrogens with zero attached hydrogens (tertiary/aromatic N) is 2. The van der Waals surface area contributed by atoms with Crippen molar-refractivity contribution in [3.63, 3.8) is 0 Å². The summed E-state index contributed by atoms with van der Waals surface area (Å²) in [6.07, 6.45) is 0.610. The van der Waals surface area contributed by atoms with Crippen LogP contribution in [0, 0.1) is 11.7 Å². The van der Waals surface area contributed by atoms with E-state index >= 15 is 0 Å². The molecular weight excluding hydrogens is 379 g/mol. The summed E-state index contributed by atoms with van der Waals surface area (Å²) in [4.78, 5) is 31.3. The van der Waals surface area contributed by atoms with Crippen LogP contribution in [-0.2, 0) is 16.1 Å². The van der Waals surface area contributed by atoms with Gasteiger partial charge in [-0.1, -0.05) is 13.8 Å². The van der Waals surface area contributed by atoms with E-state index in [9.17, 15) is 14.0 Å². The lowest BCUT2D eigenvalue weighted by atomic mass is 9.98. The van der Waals surface area contributed by atoms with Crippen LogP contribution in [0.3, 0.4) is 0 Å². The number of hydrogen-bond acceptors (Lipinski definition) is 5. The number of halogens is 1. The number of aromatic nitrogens is 1. The average Bonchev–Trinajstić information content (AvgIpc) is 3.31. The van der Waals surface area contributed by atoms with Crippen molar-refractivity contribution in [2.75, 3.05) is 6.54 Å². The molecule has 3 atom stereocenters. The van der Waals surface area contributed by atoms with Crippen molar-refractivity contribution in [3.8, 4) is 11.3 Å². The summed E-state index contributed by atoms with van der Waals surface area (Å²) < 4.78 is 13.1. The molecule has 2 aliphatic rings. The standard InChI is InChI=1S/C20H23FN4O2S/c1-11(2)18-20(27)25-9-14(7-16(25)19(26)24-18)22-8-17-23-15(10-28-17)12-3-5-13(21)6-4-12/h3-6,10-11,14,16,18,22H,7-9H2,1-2H3,(H,24,26)/t14-,16-,18+/m0/s1. The Morgan fingerprint density at radius 1 is 1.32 bits per heavy atom. The topological polar surface area (TPSA) is 74.3 Å². The van der Waals surface area contributed by atoms with Gasteiger partial charge in [-0.25, -0.2) is 9.37 Å². The second-order valence-corrected chi connectivity index (χ2v) is 8.63. The zero-order valence-electron chi connectivity index (χ0n) is 15.8. The van der Waals surface area contributed by atoms with Crippen LogP contribution in [0.15, 0.2) is 29.6 Å². The van der Waals surface area contributed by atoms with Crippen molar-refractivity contribution < 1.29 is 14.0 Å². The van der Waals surface area contributed by atoms with E-state index in [1.807, 2.05) is 19.2 Å². The fourth-order valence-electron chi connectivity index (χ4n) is 3.79. The Kier molecular flexibility index (Phi) is 5.16. The quantitative estimate of drug-likeness (QED) is 0.804. The van der Waals surface area contributed by atoms with Gasteiger partial charge in [-0.2, -0.15) is 0 Å². The van der Waals surface area contributed by atoms with Crippen molar-refractivity contribution in [1.29, 1.82) is 0 Å². The molecule has 2 saturated heterocycles. The minimum atomic E-state index is -0.431. The van der Waals surface area contributed by atoms with Gasteiger partial charge < -0.3 is 15.5 Å². The number of nitrogens with one attached hydrogen (secondary N) is 2. The van der Waals surface area contributed by atoms with Crippen LogP contribution in [-0.4, -0.2) is 46.4 Å². The predicted molar refractivity (Wildman–Crippen MR) is 105 cm³/mol. The zero-order chi connectivity index (χ0) is 19.8. The van der Waals surface area contributed by atoms with Crippen molar-refractivity contribution in [3.05, 3.63) is 40.5 Å². The maximum atomic E-state index is 13.1. The lowest BCUT2D eigenvalue weighted by Gasteiger charge is -2.36. The molecule has 0 bridgehead atoms. The molecule has 4 rings (SSSR count). The Balaban J connectivity index is 1.37. The predicted octanol–water partition coefficient (Wildman–Crippen LogP) is 2.16. The highest BCUT2D eigenvalue weighted by atomic mass is 32.1. The molecule has 0 saturated carbocycles. The van der Waals surface area contributed by atoms with Crippen molar-refractivity contribution in [1.82, 2.24) is 20.5 Å². The van der Waals surface area contributed by atoms with E-state index in [1.165, 1.54) is 23.5 Å². The van der Waals surface area contributed by atoms with Gasteiger partial charge in [0.25, 0.3) is 0 Å². The van der Waals surface area contributed by atoms with E-state index in [0.717, 1.165) is 16.3 Å². The number of amides is 2. The summed E-state index contributed by atoms with van der Waals surface area (Å²) in [6, 6.07) is 5.52. The zero-order valence-corrected chi connectivity index (χ0v) is 16.6. The van der Waals surface area contributed by atoms with Crippen LogP contribution < -0.4 is 10.6 Å². The highest BCUT2D eigenvalue weighted by Gasteiger charge is 2.46. The Hall–Kier alpha value is -2.32. The lowest BCUT2D eigenvalue weighted by molar-refractivity contribution is -0.148. The van der Waals surface area contributed by atoms with Crippen molar-refractivity contribution in [2.45, 2.75) is 44.9 Å². The van der Waals surface area contributed by atoms with Crippen molar-refractivity contribution >= 4 is 23.2 Å². The van der Waals surface area contributed by atoms with Gasteiger partial charge in [-0.15, -0.1) is 11.3 Å². The highest BCUT2D eigenvalue weighted by Crippen LogP contribution is 2.26. The van der Waals surface area contributed by atoms with E-state index in [0.29, 0.717) is 19.5 Å². The third-order valence-electron chi connectivity index (χ3n) is 5.35. The SMILES string of the molecule is CC(C)[C@H]1NC(=O)[C@@H]2C[C@H](NCc3nc(-c4ccc(F)cc4)cs3)CN2C1=O. The molecule has 2 aliphatic heterocycles. The van der Waals surface area contributed by atoms with Crippen LogP contribution >= 0.6 is 11.3 Å². The van der Waals surface area contributed by atoms with Crippen LogP contribution in [0.25, 0.3) is 11.3 Å². The van der Waals surface area contributed by atoms with E-state index in [2.05, 4.69) is 15.6 Å². The molecule has 0 unspecified atom stereocenters. The molecule has 0 radical (unpaired) electrons. The Morgan fingerprint density at radius 3 is 2.79 bits per heavy atom. The van der Waals surface area contributed by atoms with Gasteiger partial charge in [-0.05, 0) is 36.6 Å². The Morgan fingerprint density at radius 2 is 2.07 bits per heavy atom. The smallest absolute Gasteiger partial charge is 0.246 e. The average molecular weight is 402 g/mol. The van der Waals surface area contributed by atoms with E-state index < -0.39 is 6.04 Å². The monoisotopic (exact) mass is 402 g/mol. The summed E-state index contributed by atoms with van der Waals surface area (Å²) in [7, 11) is 0. The summed E-state index contributed by atoms with van der Waals surface area (Å²) >= 11 is 1.54. The molecule has 148 valence electrons. The Bertz CT molecular complexity index is 883. The van der Waals surface area contributed by atoms with Gasteiger partial charge in [0.15, 0.2) is 0 Å². The molecule has 0 spiro atoms. The molecule has 8 heteroatoms. The molecule has 28 heavy (non-hydrogen) atoms. The number of piperazine rings is 1. The molecular formula is C20H23FN4O2S. The first-order valence-corrected chi connectivity index (χ1v) is 10.3. The second kappa shape index (κ2) is 7.60. The number of hydrogen-bond donors (Lipinski definition) is 2. The highest BCUT2D eigenvalue weighted by molar-refractivity contribution is 7.09. The summed E-state index contributed by atoms with van der Waals surface area (Å²) in [5, 5.41) is 9.16. The molecule has 1 aromatic heterocycles. The molecule has 3 heterocycles. The third-order valence-corrected chi connectivity index (χ3v) is 6.20. The molecule has 6 nitrogen and oxygen atoms in total. The minimum Gasteiger partial charge on any atom is -0.342 e. The van der Waals surface area contributed by atoms with Crippen LogP contribution in [0.4, 0.5) is 4.39 Å². The van der Waals surface area contributed by atoms with Gasteiger partial charge in [0.1, 0.15) is 22.9 Å². The second-order valence-electron chi connectivity index (χ2n) is 7.68. The number of fused-ring (bicyclic) bond motifs is 1. The first kappa shape index (κ1) is 19.0. The van der Waals surface area contributed by atoms with Gasteiger partial charge in [-0.3, -0.25) is 9.59 Å². The van der Waals surface area contributed by atoms with Crippen LogP contribution in [0.5, 0.6) is 0 Å². The molecule has 1 aromatic carbocycles. The normalized spacial score (nSPS) is 24.6. The van der Waals surface area contributed by atoms with Crippen LogP contribution in [0.1, 0.15) is 25.3 Å². The number of benzene rings is 1. The summed E-state index contributed by atoms with van der Waals surface area (Å²) in [6.45, 7) is 4.99. The first-order chi connectivity index (χ1) is 13.4. The maximum Gasteiger partial charge on any atom is 0.246 e. The number of thiazole rings is 1. The largest absolute Gasteiger partial charge is 0.342 e. The lowest BCUT2D eigenvalue weighted by Crippen LogP contribution is -2.62. The molecule has 0 aliphatic carbocycles. The van der Waals surface area contributed by atoms with Gasteiger partial charge in [0.05, 0.1) is 5.69 Å². The summed E-state index contributed by atoms with van der Waals surface area (Å²) in [5.41, 5.74) is 1.70. The van der Waals surface area contributed by atoms with Gasteiger partial charge in [0.2, 0.25) is 11.8 Å². The van der Waals surface area contributed by atoms with E-state index in [1.54, 1.807) is 17.0 Å². The van der Waals surface area contributed by atoms with E-state index in [4.69, 9.17) is 0 Å². The number of carbonyl (C=O) groups is 2. The Labute approximate surface area is 167 Å².